The van der Waals surface area contributed by atoms with Gasteiger partial charge in [0.15, 0.2) is 0 Å². The third kappa shape index (κ3) is 5.32. The van der Waals surface area contributed by atoms with Gasteiger partial charge < -0.3 is 14.7 Å². The van der Waals surface area contributed by atoms with Crippen LogP contribution in [-0.4, -0.2) is 41.3 Å². The number of pyridine rings is 1. The molecule has 2 rings (SSSR count). The highest BCUT2D eigenvalue weighted by Gasteiger charge is 2.12. The van der Waals surface area contributed by atoms with Gasteiger partial charge in [-0.1, -0.05) is 30.3 Å². The SMILES string of the molecule is CN(CC(O)COCc1ccccc1)c1ccc([N+](=O)[O-])cn1. The Morgan fingerprint density at radius 1 is 1.30 bits per heavy atom. The van der Waals surface area contributed by atoms with Crippen LogP contribution in [0.3, 0.4) is 0 Å². The van der Waals surface area contributed by atoms with Crippen LogP contribution in [-0.2, 0) is 11.3 Å². The van der Waals surface area contributed by atoms with Crippen molar-refractivity contribution in [1.82, 2.24) is 4.98 Å². The van der Waals surface area contributed by atoms with E-state index in [1.807, 2.05) is 30.3 Å². The quantitative estimate of drug-likeness (QED) is 0.592. The van der Waals surface area contributed by atoms with Gasteiger partial charge in [-0.3, -0.25) is 10.1 Å². The molecule has 0 aliphatic heterocycles. The van der Waals surface area contributed by atoms with Crippen LogP contribution in [0.5, 0.6) is 0 Å². The zero-order valence-electron chi connectivity index (χ0n) is 12.8. The molecule has 7 nitrogen and oxygen atoms in total. The van der Waals surface area contributed by atoms with Crippen molar-refractivity contribution in [2.75, 3.05) is 25.1 Å². The molecule has 0 fully saturated rings. The molecule has 7 heteroatoms. The van der Waals surface area contributed by atoms with Crippen molar-refractivity contribution in [2.24, 2.45) is 0 Å². The molecule has 0 saturated heterocycles. The Morgan fingerprint density at radius 3 is 2.65 bits per heavy atom. The summed E-state index contributed by atoms with van der Waals surface area (Å²) in [6.07, 6.45) is 0.519. The van der Waals surface area contributed by atoms with Crippen LogP contribution in [0.15, 0.2) is 48.7 Å². The third-order valence-corrected chi connectivity index (χ3v) is 3.24. The van der Waals surface area contributed by atoms with Gasteiger partial charge in [-0.15, -0.1) is 0 Å². The number of hydrogen-bond donors (Lipinski definition) is 1. The Labute approximate surface area is 134 Å². The molecule has 23 heavy (non-hydrogen) atoms. The normalized spacial score (nSPS) is 11.9. The summed E-state index contributed by atoms with van der Waals surface area (Å²) in [7, 11) is 1.76. The van der Waals surface area contributed by atoms with Gasteiger partial charge in [0.2, 0.25) is 0 Å². The van der Waals surface area contributed by atoms with Gasteiger partial charge in [0.25, 0.3) is 5.69 Å². The lowest BCUT2D eigenvalue weighted by molar-refractivity contribution is -0.385. The fourth-order valence-corrected chi connectivity index (χ4v) is 2.06. The van der Waals surface area contributed by atoms with E-state index in [0.717, 1.165) is 5.56 Å². The zero-order chi connectivity index (χ0) is 16.7. The smallest absolute Gasteiger partial charge is 0.287 e. The van der Waals surface area contributed by atoms with Crippen molar-refractivity contribution in [3.8, 4) is 0 Å². The average molecular weight is 317 g/mol. The number of benzene rings is 1. The maximum Gasteiger partial charge on any atom is 0.287 e. The van der Waals surface area contributed by atoms with E-state index in [4.69, 9.17) is 4.74 Å². The van der Waals surface area contributed by atoms with E-state index in [2.05, 4.69) is 4.98 Å². The number of likely N-dealkylation sites (N-methyl/N-ethyl adjacent to an activating group) is 1. The van der Waals surface area contributed by atoms with Gasteiger partial charge in [-0.25, -0.2) is 4.98 Å². The van der Waals surface area contributed by atoms with Crippen molar-refractivity contribution in [2.45, 2.75) is 12.7 Å². The van der Waals surface area contributed by atoms with Crippen molar-refractivity contribution in [1.29, 1.82) is 0 Å². The largest absolute Gasteiger partial charge is 0.389 e. The van der Waals surface area contributed by atoms with E-state index in [0.29, 0.717) is 19.0 Å². The summed E-state index contributed by atoms with van der Waals surface area (Å²) in [5.41, 5.74) is 0.985. The summed E-state index contributed by atoms with van der Waals surface area (Å²) in [6.45, 7) is 0.962. The zero-order valence-corrected chi connectivity index (χ0v) is 12.8. The summed E-state index contributed by atoms with van der Waals surface area (Å²) >= 11 is 0. The molecule has 0 saturated carbocycles. The number of nitrogens with zero attached hydrogens (tertiary/aromatic N) is 3. The van der Waals surface area contributed by atoms with Gasteiger partial charge in [0.1, 0.15) is 12.0 Å². The number of nitro groups is 1. The van der Waals surface area contributed by atoms with Gasteiger partial charge in [-0.05, 0) is 11.6 Å². The van der Waals surface area contributed by atoms with Crippen LogP contribution < -0.4 is 4.90 Å². The maximum absolute atomic E-state index is 10.6. The number of hydrogen-bond acceptors (Lipinski definition) is 6. The Bertz CT molecular complexity index is 619. The van der Waals surface area contributed by atoms with Crippen LogP contribution in [0.25, 0.3) is 0 Å². The highest BCUT2D eigenvalue weighted by molar-refractivity contribution is 5.42. The van der Waals surface area contributed by atoms with Crippen LogP contribution in [0.4, 0.5) is 11.5 Å². The minimum atomic E-state index is -0.680. The van der Waals surface area contributed by atoms with Crippen molar-refractivity contribution in [3.05, 3.63) is 64.3 Å². The van der Waals surface area contributed by atoms with E-state index in [9.17, 15) is 15.2 Å². The van der Waals surface area contributed by atoms with Crippen LogP contribution in [0.1, 0.15) is 5.56 Å². The molecule has 0 bridgehead atoms. The standard InChI is InChI=1S/C16H19N3O4/c1-18(16-8-7-14(9-17-16)19(21)22)10-15(20)12-23-11-13-5-3-2-4-6-13/h2-9,15,20H,10-12H2,1H3. The van der Waals surface area contributed by atoms with Crippen molar-refractivity contribution >= 4 is 11.5 Å². The molecule has 0 amide bonds. The Hall–Kier alpha value is -2.51. The number of anilines is 1. The maximum atomic E-state index is 10.6. The minimum absolute atomic E-state index is 0.0612. The average Bonchev–Trinajstić information content (AvgIpc) is 2.56. The summed E-state index contributed by atoms with van der Waals surface area (Å²) < 4.78 is 5.48. The minimum Gasteiger partial charge on any atom is -0.389 e. The first kappa shape index (κ1) is 16.9. The first-order valence-corrected chi connectivity index (χ1v) is 7.17. The molecule has 1 heterocycles. The second-order valence-electron chi connectivity index (χ2n) is 5.17. The molecule has 1 unspecified atom stereocenters. The van der Waals surface area contributed by atoms with Crippen LogP contribution in [0, 0.1) is 10.1 Å². The van der Waals surface area contributed by atoms with E-state index < -0.39 is 11.0 Å². The summed E-state index contributed by atoms with van der Waals surface area (Å²) in [6, 6.07) is 12.7. The van der Waals surface area contributed by atoms with Gasteiger partial charge in [0, 0.05) is 19.7 Å². The van der Waals surface area contributed by atoms with Gasteiger partial charge in [0.05, 0.1) is 24.2 Å². The fraction of sp³-hybridized carbons (Fsp3) is 0.312. The molecule has 1 aromatic heterocycles. The predicted molar refractivity (Wildman–Crippen MR) is 86.3 cm³/mol. The fourth-order valence-electron chi connectivity index (χ4n) is 2.06. The molecule has 1 aromatic carbocycles. The predicted octanol–water partition coefficient (Wildman–Crippen LogP) is 2.00. The number of aromatic nitrogens is 1. The number of aliphatic hydroxyl groups excluding tert-OH is 1. The molecule has 1 atom stereocenters. The highest BCUT2D eigenvalue weighted by atomic mass is 16.6. The molecule has 0 aliphatic rings. The lowest BCUT2D eigenvalue weighted by Crippen LogP contribution is -2.32. The monoisotopic (exact) mass is 317 g/mol. The first-order valence-electron chi connectivity index (χ1n) is 7.17. The molecule has 122 valence electrons. The molecular weight excluding hydrogens is 298 g/mol. The van der Waals surface area contributed by atoms with Crippen LogP contribution in [0.2, 0.25) is 0 Å². The number of ether oxygens (including phenoxy) is 1. The highest BCUT2D eigenvalue weighted by Crippen LogP contribution is 2.14. The number of rotatable bonds is 8. The van der Waals surface area contributed by atoms with Gasteiger partial charge >= 0.3 is 0 Å². The van der Waals surface area contributed by atoms with Gasteiger partial charge in [-0.2, -0.15) is 0 Å². The lowest BCUT2D eigenvalue weighted by atomic mass is 10.2. The second-order valence-corrected chi connectivity index (χ2v) is 5.17. The molecular formula is C16H19N3O4. The summed E-state index contributed by atoms with van der Waals surface area (Å²) in [5, 5.41) is 20.6. The third-order valence-electron chi connectivity index (χ3n) is 3.24. The Kier molecular flexibility index (Phi) is 6.02. The summed E-state index contributed by atoms with van der Waals surface area (Å²) in [5.74, 6) is 0.553. The molecule has 0 spiro atoms. The topological polar surface area (TPSA) is 88.7 Å². The molecule has 1 N–H and O–H groups in total. The first-order chi connectivity index (χ1) is 11.1. The van der Waals surface area contributed by atoms with E-state index >= 15 is 0 Å². The van der Waals surface area contributed by atoms with Crippen molar-refractivity contribution < 1.29 is 14.8 Å². The van der Waals surface area contributed by atoms with E-state index in [1.54, 1.807) is 18.0 Å². The molecule has 2 aromatic rings. The molecule has 0 aliphatic carbocycles. The Balaban J connectivity index is 1.77. The van der Waals surface area contributed by atoms with E-state index in [-0.39, 0.29) is 12.3 Å². The molecule has 0 radical (unpaired) electrons. The second kappa shape index (κ2) is 8.21. The Morgan fingerprint density at radius 2 is 2.04 bits per heavy atom. The van der Waals surface area contributed by atoms with Crippen molar-refractivity contribution in [3.63, 3.8) is 0 Å². The van der Waals surface area contributed by atoms with E-state index in [1.165, 1.54) is 12.3 Å². The lowest BCUT2D eigenvalue weighted by Gasteiger charge is -2.21. The summed E-state index contributed by atoms with van der Waals surface area (Å²) in [4.78, 5) is 15.8. The number of aliphatic hydroxyl groups is 1. The van der Waals surface area contributed by atoms with Crippen LogP contribution >= 0.6 is 0 Å².